The minimum absolute atomic E-state index is 0.398. The minimum atomic E-state index is -0.398. The fraction of sp³-hybridized carbons (Fsp3) is 0.667. The Kier molecular flexibility index (Phi) is 2.08. The molecule has 1 fully saturated rings. The summed E-state index contributed by atoms with van der Waals surface area (Å²) in [5.41, 5.74) is 0.580. The SMILES string of the molecule is Cc1c(Cl)cnn1CCC1(O)CC1. The van der Waals surface area contributed by atoms with Crippen LogP contribution in [0.4, 0.5) is 0 Å². The van der Waals surface area contributed by atoms with E-state index in [9.17, 15) is 5.11 Å². The maximum Gasteiger partial charge on any atom is 0.0814 e. The van der Waals surface area contributed by atoms with Crippen molar-refractivity contribution >= 4 is 11.6 Å². The molecule has 0 amide bonds. The zero-order valence-corrected chi connectivity index (χ0v) is 8.38. The molecule has 0 bridgehead atoms. The van der Waals surface area contributed by atoms with Crippen LogP contribution in [0.15, 0.2) is 6.20 Å². The molecule has 0 saturated heterocycles. The standard InChI is InChI=1S/C9H13ClN2O/c1-7-8(10)6-11-12(7)5-4-9(13)2-3-9/h6,13H,2-5H2,1H3. The highest BCUT2D eigenvalue weighted by Gasteiger charge is 2.39. The van der Waals surface area contributed by atoms with E-state index in [1.165, 1.54) is 0 Å². The molecule has 0 radical (unpaired) electrons. The van der Waals surface area contributed by atoms with Crippen molar-refractivity contribution in [3.05, 3.63) is 16.9 Å². The zero-order valence-electron chi connectivity index (χ0n) is 7.63. The van der Waals surface area contributed by atoms with Gasteiger partial charge in [-0.15, -0.1) is 0 Å². The average Bonchev–Trinajstić information content (AvgIpc) is 2.75. The first-order chi connectivity index (χ1) is 6.11. The zero-order chi connectivity index (χ0) is 9.47. The van der Waals surface area contributed by atoms with E-state index in [-0.39, 0.29) is 0 Å². The number of hydrogen-bond acceptors (Lipinski definition) is 2. The summed E-state index contributed by atoms with van der Waals surface area (Å²) in [6.07, 6.45) is 4.29. The van der Waals surface area contributed by atoms with Gasteiger partial charge in [0.15, 0.2) is 0 Å². The van der Waals surface area contributed by atoms with Gasteiger partial charge in [0.25, 0.3) is 0 Å². The van der Waals surface area contributed by atoms with E-state index in [0.29, 0.717) is 5.02 Å². The van der Waals surface area contributed by atoms with Crippen LogP contribution in [0.1, 0.15) is 25.0 Å². The van der Waals surface area contributed by atoms with Crippen LogP contribution in [0, 0.1) is 6.92 Å². The molecule has 2 rings (SSSR count). The fourth-order valence-corrected chi connectivity index (χ4v) is 1.50. The third-order valence-electron chi connectivity index (χ3n) is 2.66. The molecule has 1 saturated carbocycles. The molecule has 1 N–H and O–H groups in total. The number of aromatic nitrogens is 2. The first-order valence-electron chi connectivity index (χ1n) is 4.51. The Bertz CT molecular complexity index is 317. The molecular weight excluding hydrogens is 188 g/mol. The van der Waals surface area contributed by atoms with Gasteiger partial charge in [0.2, 0.25) is 0 Å². The topological polar surface area (TPSA) is 38.0 Å². The molecule has 1 heterocycles. The van der Waals surface area contributed by atoms with Crippen molar-refractivity contribution in [1.29, 1.82) is 0 Å². The second-order valence-electron chi connectivity index (χ2n) is 3.78. The number of hydrogen-bond donors (Lipinski definition) is 1. The number of nitrogens with zero attached hydrogens (tertiary/aromatic N) is 2. The van der Waals surface area contributed by atoms with Gasteiger partial charge in [-0.1, -0.05) is 11.6 Å². The van der Waals surface area contributed by atoms with E-state index >= 15 is 0 Å². The van der Waals surface area contributed by atoms with Crippen LogP contribution >= 0.6 is 11.6 Å². The summed E-state index contributed by atoms with van der Waals surface area (Å²) in [6, 6.07) is 0. The Balaban J connectivity index is 1.97. The second-order valence-corrected chi connectivity index (χ2v) is 4.18. The van der Waals surface area contributed by atoms with Crippen molar-refractivity contribution < 1.29 is 5.11 Å². The highest BCUT2D eigenvalue weighted by molar-refractivity contribution is 6.31. The molecule has 0 unspecified atom stereocenters. The smallest absolute Gasteiger partial charge is 0.0814 e. The molecule has 3 nitrogen and oxygen atoms in total. The fourth-order valence-electron chi connectivity index (χ4n) is 1.36. The lowest BCUT2D eigenvalue weighted by atomic mass is 10.2. The molecule has 72 valence electrons. The van der Waals surface area contributed by atoms with Crippen LogP contribution in [0.5, 0.6) is 0 Å². The third-order valence-corrected chi connectivity index (χ3v) is 3.03. The van der Waals surface area contributed by atoms with E-state index in [1.54, 1.807) is 6.20 Å². The molecular formula is C9H13ClN2O. The maximum absolute atomic E-state index is 9.61. The lowest BCUT2D eigenvalue weighted by Crippen LogP contribution is -2.13. The molecule has 13 heavy (non-hydrogen) atoms. The molecule has 1 aromatic heterocycles. The highest BCUT2D eigenvalue weighted by atomic mass is 35.5. The largest absolute Gasteiger partial charge is 0.390 e. The first-order valence-corrected chi connectivity index (χ1v) is 4.89. The summed E-state index contributed by atoms with van der Waals surface area (Å²) in [5.74, 6) is 0. The van der Waals surface area contributed by atoms with E-state index in [2.05, 4.69) is 5.10 Å². The average molecular weight is 201 g/mol. The molecule has 1 aliphatic carbocycles. The van der Waals surface area contributed by atoms with Gasteiger partial charge in [-0.2, -0.15) is 5.10 Å². The number of aliphatic hydroxyl groups is 1. The van der Waals surface area contributed by atoms with Gasteiger partial charge in [-0.25, -0.2) is 0 Å². The molecule has 0 spiro atoms. The van der Waals surface area contributed by atoms with Crippen molar-refractivity contribution in [2.24, 2.45) is 0 Å². The van der Waals surface area contributed by atoms with Crippen LogP contribution in [0.3, 0.4) is 0 Å². The Morgan fingerprint density at radius 2 is 2.38 bits per heavy atom. The van der Waals surface area contributed by atoms with Crippen LogP contribution in [0.2, 0.25) is 5.02 Å². The van der Waals surface area contributed by atoms with E-state index in [1.807, 2.05) is 11.6 Å². The molecule has 0 aliphatic heterocycles. The quantitative estimate of drug-likeness (QED) is 0.808. The Morgan fingerprint density at radius 1 is 1.69 bits per heavy atom. The Morgan fingerprint density at radius 3 is 2.85 bits per heavy atom. The van der Waals surface area contributed by atoms with Gasteiger partial charge in [0, 0.05) is 6.54 Å². The summed E-state index contributed by atoms with van der Waals surface area (Å²) in [5, 5.41) is 14.4. The molecule has 1 aliphatic rings. The van der Waals surface area contributed by atoms with Gasteiger partial charge >= 0.3 is 0 Å². The third kappa shape index (κ3) is 1.86. The Hall–Kier alpha value is -0.540. The van der Waals surface area contributed by atoms with Gasteiger partial charge in [-0.05, 0) is 26.2 Å². The normalized spacial score (nSPS) is 19.0. The predicted molar refractivity (Wildman–Crippen MR) is 50.8 cm³/mol. The summed E-state index contributed by atoms with van der Waals surface area (Å²) >= 11 is 5.85. The van der Waals surface area contributed by atoms with Crippen molar-refractivity contribution in [2.45, 2.75) is 38.3 Å². The lowest BCUT2D eigenvalue weighted by molar-refractivity contribution is 0.132. The van der Waals surface area contributed by atoms with Gasteiger partial charge < -0.3 is 5.11 Å². The Labute approximate surface area is 82.3 Å². The van der Waals surface area contributed by atoms with Crippen LogP contribution in [-0.4, -0.2) is 20.5 Å². The van der Waals surface area contributed by atoms with Crippen molar-refractivity contribution in [3.63, 3.8) is 0 Å². The minimum Gasteiger partial charge on any atom is -0.390 e. The lowest BCUT2D eigenvalue weighted by Gasteiger charge is -2.08. The monoisotopic (exact) mass is 200 g/mol. The van der Waals surface area contributed by atoms with Gasteiger partial charge in [0.1, 0.15) is 0 Å². The summed E-state index contributed by atoms with van der Waals surface area (Å²) in [7, 11) is 0. The summed E-state index contributed by atoms with van der Waals surface area (Å²) < 4.78 is 1.85. The van der Waals surface area contributed by atoms with Crippen molar-refractivity contribution in [2.75, 3.05) is 0 Å². The summed E-state index contributed by atoms with van der Waals surface area (Å²) in [6.45, 7) is 2.70. The summed E-state index contributed by atoms with van der Waals surface area (Å²) in [4.78, 5) is 0. The van der Waals surface area contributed by atoms with E-state index in [4.69, 9.17) is 11.6 Å². The van der Waals surface area contributed by atoms with E-state index in [0.717, 1.165) is 31.5 Å². The van der Waals surface area contributed by atoms with Crippen molar-refractivity contribution in [3.8, 4) is 0 Å². The number of rotatable bonds is 3. The first kappa shape index (κ1) is 9.03. The predicted octanol–water partition coefficient (Wildman–Crippen LogP) is 1.76. The number of aryl methyl sites for hydroxylation is 1. The molecule has 1 aromatic rings. The van der Waals surface area contributed by atoms with Crippen LogP contribution in [0.25, 0.3) is 0 Å². The van der Waals surface area contributed by atoms with Crippen molar-refractivity contribution in [1.82, 2.24) is 9.78 Å². The van der Waals surface area contributed by atoms with E-state index < -0.39 is 5.60 Å². The van der Waals surface area contributed by atoms with Crippen LogP contribution in [-0.2, 0) is 6.54 Å². The molecule has 0 atom stereocenters. The van der Waals surface area contributed by atoms with Crippen LogP contribution < -0.4 is 0 Å². The second kappa shape index (κ2) is 3.00. The maximum atomic E-state index is 9.61. The van der Waals surface area contributed by atoms with Gasteiger partial charge in [-0.3, -0.25) is 4.68 Å². The highest BCUT2D eigenvalue weighted by Crippen LogP contribution is 2.38. The molecule has 0 aromatic carbocycles. The number of halogens is 1. The van der Waals surface area contributed by atoms with Gasteiger partial charge in [0.05, 0.1) is 22.5 Å². The molecule has 4 heteroatoms.